The number of carbonyl (C=O) groups excluding carboxylic acids is 2. The standard InChI is InChI=1S/C87H134NO8P/c1-3-5-7-9-11-13-15-17-19-21-23-25-27-29-31-33-35-37-39-41-42-44-46-48-50-52-54-56-58-60-62-64-66-68-70-72-74-76-78-80-87(90)96-85(84-95-97(91,92)94-82-81-88)83-93-86(89)79-77-75-73-71-69-67-65-63-61-59-57-55-53-51-49-47-45-43-40-38-36-34-32-30-28-26-24-22-20-18-16-14-12-10-8-6-4-2/h5-8,11-14,17-20,23-26,29-32,35-38,41-43,45-46,48-49,51-52,54-55,57-58,60-61,63,85H,3-4,9-10,15-16,21-22,27-28,33-34,39-40,44,47,50,53,56,59,62,64-84,88H2,1-2H3,(H,91,92)/b7-5-,8-6-,13-11-,14-12-,19-17-,20-18-,25-23-,26-24-,31-29-,32-30-,37-35-,38-36-,42-41-,45-43-,48-46-,51-49-,54-52-,57-55-,60-58-,63-61-. The van der Waals surface area contributed by atoms with Crippen LogP contribution in [0.15, 0.2) is 243 Å². The second kappa shape index (κ2) is 78.8. The molecule has 0 saturated carbocycles. The number of ether oxygens (including phenoxy) is 2. The molecular formula is C87H134NO8P. The van der Waals surface area contributed by atoms with E-state index in [1.54, 1.807) is 0 Å². The summed E-state index contributed by atoms with van der Waals surface area (Å²) in [6.45, 7) is 3.46. The Morgan fingerprint density at radius 3 is 0.794 bits per heavy atom. The van der Waals surface area contributed by atoms with Crippen LogP contribution in [0.2, 0.25) is 0 Å². The van der Waals surface area contributed by atoms with Crippen molar-refractivity contribution in [3.05, 3.63) is 243 Å². The Kier molecular flexibility index (Phi) is 73.8. The number of hydrogen-bond acceptors (Lipinski definition) is 8. The van der Waals surface area contributed by atoms with E-state index in [0.29, 0.717) is 12.8 Å². The van der Waals surface area contributed by atoms with Crippen LogP contribution in [0.25, 0.3) is 0 Å². The molecule has 0 aliphatic carbocycles. The molecule has 3 N–H and O–H groups in total. The van der Waals surface area contributed by atoms with Crippen molar-refractivity contribution in [1.82, 2.24) is 0 Å². The second-order valence-electron chi connectivity index (χ2n) is 23.7. The third-order valence-electron chi connectivity index (χ3n) is 14.7. The molecule has 0 amide bonds. The molecule has 0 fully saturated rings. The van der Waals surface area contributed by atoms with Gasteiger partial charge < -0.3 is 20.1 Å². The number of carbonyl (C=O) groups is 2. The Morgan fingerprint density at radius 2 is 0.536 bits per heavy atom. The van der Waals surface area contributed by atoms with Gasteiger partial charge in [-0.2, -0.15) is 0 Å². The quantitative estimate of drug-likeness (QED) is 0.0264. The summed E-state index contributed by atoms with van der Waals surface area (Å²) in [7, 11) is -4.42. The van der Waals surface area contributed by atoms with E-state index in [-0.39, 0.29) is 32.6 Å². The molecule has 0 heterocycles. The Labute approximate surface area is 593 Å². The van der Waals surface area contributed by atoms with Crippen LogP contribution < -0.4 is 5.73 Å². The van der Waals surface area contributed by atoms with Gasteiger partial charge in [-0.15, -0.1) is 0 Å². The Bertz CT molecular complexity index is 2500. The Hall–Kier alpha value is -6.19. The lowest BCUT2D eigenvalue weighted by Crippen LogP contribution is -2.29. The van der Waals surface area contributed by atoms with Crippen LogP contribution in [0.5, 0.6) is 0 Å². The molecule has 2 atom stereocenters. The maximum absolute atomic E-state index is 12.8. The van der Waals surface area contributed by atoms with Crippen LogP contribution in [-0.2, 0) is 32.7 Å². The number of phosphoric acid groups is 1. The van der Waals surface area contributed by atoms with Gasteiger partial charge in [0.1, 0.15) is 6.61 Å². The van der Waals surface area contributed by atoms with Crippen LogP contribution in [-0.4, -0.2) is 49.3 Å². The summed E-state index contributed by atoms with van der Waals surface area (Å²) in [6, 6.07) is 0. The van der Waals surface area contributed by atoms with Crippen LogP contribution in [0.4, 0.5) is 0 Å². The van der Waals surface area contributed by atoms with Gasteiger partial charge in [-0.25, -0.2) is 4.57 Å². The van der Waals surface area contributed by atoms with Crippen LogP contribution in [0.3, 0.4) is 0 Å². The normalized spacial score (nSPS) is 14.3. The smallest absolute Gasteiger partial charge is 0.462 e. The van der Waals surface area contributed by atoms with Crippen molar-refractivity contribution in [3.8, 4) is 0 Å². The molecule has 0 saturated heterocycles. The molecule has 0 aromatic carbocycles. The van der Waals surface area contributed by atoms with E-state index >= 15 is 0 Å². The van der Waals surface area contributed by atoms with E-state index in [2.05, 4.69) is 257 Å². The summed E-state index contributed by atoms with van der Waals surface area (Å²) in [5, 5.41) is 0. The van der Waals surface area contributed by atoms with Crippen molar-refractivity contribution in [2.45, 2.75) is 264 Å². The van der Waals surface area contributed by atoms with Gasteiger partial charge >= 0.3 is 19.8 Å². The fraction of sp³-hybridized carbons (Fsp3) is 0.517. The molecular weight excluding hydrogens is 1220 g/mol. The molecule has 0 spiro atoms. The SMILES string of the molecule is CC/C=C\C/C=C\C/C=C\C/C=C\C/C=C\C/C=C\C/C=C\C/C=C\C/C=C\C/C=C\CCCCCCCCCCC(=O)OC(COC(=O)CCCCCCCC/C=C\C/C=C\C/C=C\C/C=C\C/C=C\C/C=C\C/C=C\C/C=C\C/C=C\C/C=C\CC)COP(=O)(O)OCCN. The second-order valence-corrected chi connectivity index (χ2v) is 25.1. The highest BCUT2D eigenvalue weighted by Crippen LogP contribution is 2.43. The van der Waals surface area contributed by atoms with E-state index < -0.39 is 32.5 Å². The van der Waals surface area contributed by atoms with E-state index in [0.717, 1.165) is 193 Å². The average molecular weight is 1350 g/mol. The van der Waals surface area contributed by atoms with Crippen molar-refractivity contribution in [3.63, 3.8) is 0 Å². The molecule has 0 aliphatic heterocycles. The fourth-order valence-corrected chi connectivity index (χ4v) is 10.0. The minimum atomic E-state index is -4.42. The minimum absolute atomic E-state index is 0.0368. The first-order valence-electron chi connectivity index (χ1n) is 37.5. The van der Waals surface area contributed by atoms with Gasteiger partial charge in [-0.05, 0) is 167 Å². The van der Waals surface area contributed by atoms with Crippen molar-refractivity contribution >= 4 is 19.8 Å². The van der Waals surface area contributed by atoms with E-state index in [4.69, 9.17) is 24.3 Å². The lowest BCUT2D eigenvalue weighted by Gasteiger charge is -2.19. The maximum Gasteiger partial charge on any atom is 0.472 e. The zero-order valence-corrected chi connectivity index (χ0v) is 61.6. The predicted octanol–water partition coefficient (Wildman–Crippen LogP) is 25.5. The van der Waals surface area contributed by atoms with Crippen LogP contribution in [0, 0.1) is 0 Å². The van der Waals surface area contributed by atoms with Crippen LogP contribution in [0.1, 0.15) is 258 Å². The van der Waals surface area contributed by atoms with Crippen molar-refractivity contribution < 1.29 is 37.6 Å². The lowest BCUT2D eigenvalue weighted by molar-refractivity contribution is -0.161. The largest absolute Gasteiger partial charge is 0.472 e. The number of phosphoric ester groups is 1. The van der Waals surface area contributed by atoms with E-state index in [1.165, 1.54) is 25.7 Å². The van der Waals surface area contributed by atoms with E-state index in [1.807, 2.05) is 0 Å². The molecule has 0 radical (unpaired) electrons. The first-order chi connectivity index (χ1) is 47.8. The van der Waals surface area contributed by atoms with Crippen LogP contribution >= 0.6 is 7.82 Å². The molecule has 10 heteroatoms. The number of nitrogens with two attached hydrogens (primary N) is 1. The summed E-state index contributed by atoms with van der Waals surface area (Å²) >= 11 is 0. The lowest BCUT2D eigenvalue weighted by atomic mass is 10.1. The van der Waals surface area contributed by atoms with Gasteiger partial charge in [-0.1, -0.05) is 321 Å². The van der Waals surface area contributed by atoms with Gasteiger partial charge in [-0.3, -0.25) is 18.6 Å². The highest BCUT2D eigenvalue weighted by Gasteiger charge is 2.26. The molecule has 2 unspecified atom stereocenters. The summed E-state index contributed by atoms with van der Waals surface area (Å²) in [4.78, 5) is 35.4. The molecule has 0 aliphatic rings. The molecule has 0 rings (SSSR count). The molecule has 97 heavy (non-hydrogen) atoms. The van der Waals surface area contributed by atoms with Gasteiger partial charge in [0, 0.05) is 19.4 Å². The van der Waals surface area contributed by atoms with Gasteiger partial charge in [0.2, 0.25) is 0 Å². The van der Waals surface area contributed by atoms with Crippen molar-refractivity contribution in [2.24, 2.45) is 5.73 Å². The van der Waals surface area contributed by atoms with E-state index in [9.17, 15) is 19.0 Å². The zero-order chi connectivity index (χ0) is 70.0. The molecule has 9 nitrogen and oxygen atoms in total. The van der Waals surface area contributed by atoms with Crippen molar-refractivity contribution in [2.75, 3.05) is 26.4 Å². The number of esters is 2. The van der Waals surface area contributed by atoms with Gasteiger partial charge in [0.25, 0.3) is 0 Å². The maximum atomic E-state index is 12.8. The third-order valence-corrected chi connectivity index (χ3v) is 15.7. The minimum Gasteiger partial charge on any atom is -0.462 e. The Balaban J connectivity index is 4.04. The first-order valence-corrected chi connectivity index (χ1v) is 39.0. The van der Waals surface area contributed by atoms with Crippen molar-refractivity contribution in [1.29, 1.82) is 0 Å². The summed E-state index contributed by atoms with van der Waals surface area (Å²) in [6.07, 6.45) is 125. The molecule has 540 valence electrons. The zero-order valence-electron chi connectivity index (χ0n) is 60.7. The summed E-state index contributed by atoms with van der Waals surface area (Å²) in [5.41, 5.74) is 5.40. The fourth-order valence-electron chi connectivity index (χ4n) is 9.28. The molecule has 0 aromatic heterocycles. The molecule has 0 aromatic rings. The number of unbranched alkanes of at least 4 members (excludes halogenated alkanes) is 14. The first kappa shape index (κ1) is 90.8. The monoisotopic (exact) mass is 1350 g/mol. The summed E-state index contributed by atoms with van der Waals surface area (Å²) in [5.74, 6) is -0.872. The predicted molar refractivity (Wildman–Crippen MR) is 421 cm³/mol. The molecule has 0 bridgehead atoms. The number of hydrogen-bond donors (Lipinski definition) is 2. The number of rotatable bonds is 67. The topological polar surface area (TPSA) is 134 Å². The number of allylic oxidation sites excluding steroid dienone is 40. The average Bonchev–Trinajstić information content (AvgIpc) is 2.88. The highest BCUT2D eigenvalue weighted by molar-refractivity contribution is 7.47. The highest BCUT2D eigenvalue weighted by atomic mass is 31.2. The van der Waals surface area contributed by atoms with Gasteiger partial charge in [0.15, 0.2) is 6.10 Å². The summed E-state index contributed by atoms with van der Waals surface area (Å²) < 4.78 is 33.2. The van der Waals surface area contributed by atoms with Gasteiger partial charge in [0.05, 0.1) is 13.2 Å². The Morgan fingerprint density at radius 1 is 0.309 bits per heavy atom. The third kappa shape index (κ3) is 78.7.